The molecule has 2 aromatic carbocycles. The Bertz CT molecular complexity index is 1250. The Labute approximate surface area is 181 Å². The molecule has 0 atom stereocenters. The molecule has 0 fully saturated rings. The largest absolute Gasteiger partial charge is 0.369 e. The zero-order chi connectivity index (χ0) is 21.2. The second-order valence-electron chi connectivity index (χ2n) is 7.84. The number of nitrogens with one attached hydrogen (secondary N) is 1. The van der Waals surface area contributed by atoms with Crippen molar-refractivity contribution in [1.82, 2.24) is 14.5 Å². The molecule has 0 radical (unpaired) electrons. The van der Waals surface area contributed by atoms with Crippen molar-refractivity contribution >= 4 is 28.4 Å². The molecule has 3 heterocycles. The number of hydrogen-bond donors (Lipinski definition) is 1. The number of rotatable bonds is 6. The van der Waals surface area contributed by atoms with Crippen LogP contribution in [0.5, 0.6) is 0 Å². The predicted octanol–water partition coefficient (Wildman–Crippen LogP) is 4.22. The molecular formula is C25H25N5O. The number of fused-ring (bicyclic) bond motifs is 2. The quantitative estimate of drug-likeness (QED) is 0.483. The van der Waals surface area contributed by atoms with E-state index in [0.717, 1.165) is 48.4 Å². The van der Waals surface area contributed by atoms with E-state index in [-0.39, 0.29) is 5.91 Å². The molecule has 6 nitrogen and oxygen atoms in total. The highest BCUT2D eigenvalue weighted by atomic mass is 16.2. The number of aromatic nitrogens is 3. The number of anilines is 2. The van der Waals surface area contributed by atoms with Gasteiger partial charge in [0.2, 0.25) is 0 Å². The van der Waals surface area contributed by atoms with Crippen molar-refractivity contribution in [1.29, 1.82) is 0 Å². The van der Waals surface area contributed by atoms with Gasteiger partial charge in [-0.3, -0.25) is 4.79 Å². The number of amides is 1. The van der Waals surface area contributed by atoms with Crippen LogP contribution in [0.3, 0.4) is 0 Å². The van der Waals surface area contributed by atoms with Crippen LogP contribution in [0, 0.1) is 0 Å². The first kappa shape index (κ1) is 19.3. The molecule has 156 valence electrons. The Balaban J connectivity index is 1.26. The molecule has 0 spiro atoms. The van der Waals surface area contributed by atoms with Crippen LogP contribution >= 0.6 is 0 Å². The smallest absolute Gasteiger partial charge is 0.262 e. The lowest BCUT2D eigenvalue weighted by Crippen LogP contribution is -2.30. The summed E-state index contributed by atoms with van der Waals surface area (Å²) in [7, 11) is 2.06. The van der Waals surface area contributed by atoms with E-state index in [4.69, 9.17) is 4.98 Å². The molecule has 2 aromatic heterocycles. The van der Waals surface area contributed by atoms with E-state index < -0.39 is 0 Å². The second kappa shape index (κ2) is 8.22. The fourth-order valence-electron chi connectivity index (χ4n) is 4.29. The molecule has 0 unspecified atom stereocenters. The number of hydrogen-bond acceptors (Lipinski definition) is 4. The summed E-state index contributed by atoms with van der Waals surface area (Å²) in [6.07, 6.45) is 4.37. The van der Waals surface area contributed by atoms with E-state index in [1.807, 2.05) is 53.4 Å². The molecule has 0 saturated heterocycles. The average Bonchev–Trinajstić information content (AvgIpc) is 3.38. The van der Waals surface area contributed by atoms with Crippen molar-refractivity contribution in [2.24, 2.45) is 7.05 Å². The summed E-state index contributed by atoms with van der Waals surface area (Å²) in [4.78, 5) is 24.3. The molecular weight excluding hydrogens is 386 g/mol. The normalized spacial score (nSPS) is 12.9. The zero-order valence-corrected chi connectivity index (χ0v) is 17.6. The molecule has 1 aliphatic heterocycles. The highest BCUT2D eigenvalue weighted by Crippen LogP contribution is 2.30. The van der Waals surface area contributed by atoms with Crippen LogP contribution in [0.15, 0.2) is 66.9 Å². The van der Waals surface area contributed by atoms with E-state index in [0.29, 0.717) is 17.9 Å². The van der Waals surface area contributed by atoms with Gasteiger partial charge in [-0.05, 0) is 48.7 Å². The lowest BCUT2D eigenvalue weighted by molar-refractivity contribution is 0.0990. The Hall–Kier alpha value is -3.67. The topological polar surface area (TPSA) is 63.1 Å². The SMILES string of the molecule is Cn1c(CCCNc2ncccc2C(=O)N2CCc3ccccc32)nc2ccccc21. The van der Waals surface area contributed by atoms with Crippen molar-refractivity contribution in [3.63, 3.8) is 0 Å². The van der Waals surface area contributed by atoms with Crippen molar-refractivity contribution in [2.75, 3.05) is 23.3 Å². The lowest BCUT2D eigenvalue weighted by Gasteiger charge is -2.19. The summed E-state index contributed by atoms with van der Waals surface area (Å²) in [5.41, 5.74) is 5.01. The zero-order valence-electron chi connectivity index (χ0n) is 17.6. The van der Waals surface area contributed by atoms with Crippen LogP contribution in [-0.2, 0) is 19.9 Å². The lowest BCUT2D eigenvalue weighted by atomic mass is 10.1. The standard InChI is InChI=1S/C25H25N5O/c1-29-22-12-5-3-10-20(22)28-23(29)13-7-16-27-24-19(9-6-15-26-24)25(31)30-17-14-18-8-2-4-11-21(18)30/h2-6,8-12,15H,7,13-14,16-17H2,1H3,(H,26,27). The van der Waals surface area contributed by atoms with Crippen LogP contribution in [-0.4, -0.2) is 33.5 Å². The van der Waals surface area contributed by atoms with Gasteiger partial charge in [-0.1, -0.05) is 30.3 Å². The van der Waals surface area contributed by atoms with Crippen LogP contribution in [0.25, 0.3) is 11.0 Å². The molecule has 6 heteroatoms. The van der Waals surface area contributed by atoms with Crippen LogP contribution in [0.2, 0.25) is 0 Å². The van der Waals surface area contributed by atoms with E-state index in [2.05, 4.69) is 34.0 Å². The van der Waals surface area contributed by atoms with Gasteiger partial charge >= 0.3 is 0 Å². The Morgan fingerprint density at radius 3 is 2.81 bits per heavy atom. The number of pyridine rings is 1. The first-order chi connectivity index (χ1) is 15.2. The molecule has 5 rings (SSSR count). The fourth-order valence-corrected chi connectivity index (χ4v) is 4.29. The summed E-state index contributed by atoms with van der Waals surface area (Å²) in [5, 5.41) is 3.37. The number of carbonyl (C=O) groups is 1. The van der Waals surface area contributed by atoms with Gasteiger partial charge in [0.25, 0.3) is 5.91 Å². The Morgan fingerprint density at radius 2 is 1.90 bits per heavy atom. The number of nitrogens with zero attached hydrogens (tertiary/aromatic N) is 4. The molecule has 31 heavy (non-hydrogen) atoms. The molecule has 0 bridgehead atoms. The minimum absolute atomic E-state index is 0.00380. The second-order valence-corrected chi connectivity index (χ2v) is 7.84. The van der Waals surface area contributed by atoms with Gasteiger partial charge in [-0.25, -0.2) is 9.97 Å². The number of benzene rings is 2. The Morgan fingerprint density at radius 1 is 1.06 bits per heavy atom. The highest BCUT2D eigenvalue weighted by Gasteiger charge is 2.26. The number of carbonyl (C=O) groups excluding carboxylic acids is 1. The van der Waals surface area contributed by atoms with E-state index in [1.54, 1.807) is 6.20 Å². The Kier molecular flexibility index (Phi) is 5.12. The molecule has 0 aliphatic carbocycles. The molecule has 1 aliphatic rings. The van der Waals surface area contributed by atoms with Gasteiger partial charge in [-0.15, -0.1) is 0 Å². The van der Waals surface area contributed by atoms with Gasteiger partial charge in [0.05, 0.1) is 16.6 Å². The maximum atomic E-state index is 13.3. The number of para-hydroxylation sites is 3. The summed E-state index contributed by atoms with van der Waals surface area (Å²) >= 11 is 0. The fraction of sp³-hybridized carbons (Fsp3) is 0.240. The average molecular weight is 412 g/mol. The summed E-state index contributed by atoms with van der Waals surface area (Å²) in [5.74, 6) is 1.70. The first-order valence-electron chi connectivity index (χ1n) is 10.7. The van der Waals surface area contributed by atoms with Gasteiger partial charge in [0.1, 0.15) is 11.6 Å². The molecule has 1 N–H and O–H groups in total. The summed E-state index contributed by atoms with van der Waals surface area (Å²) in [6.45, 7) is 1.43. The van der Waals surface area contributed by atoms with E-state index >= 15 is 0 Å². The minimum Gasteiger partial charge on any atom is -0.369 e. The highest BCUT2D eigenvalue weighted by molar-refractivity contribution is 6.10. The van der Waals surface area contributed by atoms with Crippen LogP contribution < -0.4 is 10.2 Å². The van der Waals surface area contributed by atoms with Crippen molar-refractivity contribution in [3.8, 4) is 0 Å². The number of aryl methyl sites for hydroxylation is 2. The van der Waals surface area contributed by atoms with Gasteiger partial charge in [0.15, 0.2) is 0 Å². The van der Waals surface area contributed by atoms with Crippen LogP contribution in [0.4, 0.5) is 11.5 Å². The van der Waals surface area contributed by atoms with E-state index in [9.17, 15) is 4.79 Å². The van der Waals surface area contributed by atoms with Crippen molar-refractivity contribution < 1.29 is 4.79 Å². The first-order valence-corrected chi connectivity index (χ1v) is 10.7. The minimum atomic E-state index is -0.00380. The predicted molar refractivity (Wildman–Crippen MR) is 124 cm³/mol. The molecule has 0 saturated carbocycles. The van der Waals surface area contributed by atoms with Crippen molar-refractivity contribution in [2.45, 2.75) is 19.3 Å². The van der Waals surface area contributed by atoms with Gasteiger partial charge in [0, 0.05) is 38.4 Å². The number of imidazole rings is 1. The monoisotopic (exact) mass is 411 g/mol. The van der Waals surface area contributed by atoms with Crippen LogP contribution in [0.1, 0.15) is 28.2 Å². The third kappa shape index (κ3) is 3.65. The molecule has 1 amide bonds. The maximum absolute atomic E-state index is 13.3. The van der Waals surface area contributed by atoms with Crippen molar-refractivity contribution in [3.05, 3.63) is 83.8 Å². The summed E-state index contributed by atoms with van der Waals surface area (Å²) in [6, 6.07) is 20.0. The van der Waals surface area contributed by atoms with Gasteiger partial charge < -0.3 is 14.8 Å². The third-order valence-corrected chi connectivity index (χ3v) is 5.92. The molecule has 4 aromatic rings. The van der Waals surface area contributed by atoms with E-state index in [1.165, 1.54) is 5.56 Å². The summed E-state index contributed by atoms with van der Waals surface area (Å²) < 4.78 is 2.15. The maximum Gasteiger partial charge on any atom is 0.262 e. The van der Waals surface area contributed by atoms with Gasteiger partial charge in [-0.2, -0.15) is 0 Å². The third-order valence-electron chi connectivity index (χ3n) is 5.92.